The van der Waals surface area contributed by atoms with E-state index in [0.29, 0.717) is 6.04 Å². The number of hydrogen-bond acceptors (Lipinski definition) is 3. The fourth-order valence-electron chi connectivity index (χ4n) is 1.68. The van der Waals surface area contributed by atoms with Crippen molar-refractivity contribution < 1.29 is 0 Å². The summed E-state index contributed by atoms with van der Waals surface area (Å²) in [6.45, 7) is 6.05. The third-order valence-electron chi connectivity index (χ3n) is 2.48. The minimum Gasteiger partial charge on any atom is -0.351 e. The van der Waals surface area contributed by atoms with Crippen LogP contribution in [0, 0.1) is 0 Å². The van der Waals surface area contributed by atoms with E-state index in [4.69, 9.17) is 0 Å². The normalized spacial score (nSPS) is 12.6. The van der Waals surface area contributed by atoms with Gasteiger partial charge in [0.2, 0.25) is 5.95 Å². The van der Waals surface area contributed by atoms with Crippen molar-refractivity contribution in [2.45, 2.75) is 33.0 Å². The highest BCUT2D eigenvalue weighted by Gasteiger charge is 2.06. The lowest BCUT2D eigenvalue weighted by molar-refractivity contribution is 0.608. The van der Waals surface area contributed by atoms with Gasteiger partial charge >= 0.3 is 0 Å². The van der Waals surface area contributed by atoms with E-state index in [1.165, 1.54) is 0 Å². The topological polar surface area (TPSA) is 47.7 Å². The largest absolute Gasteiger partial charge is 0.351 e. The summed E-state index contributed by atoms with van der Waals surface area (Å²) < 4.78 is 4.14. The Hall–Kier alpha value is -1.78. The predicted molar refractivity (Wildman–Crippen MR) is 63.2 cm³/mol. The van der Waals surface area contributed by atoms with Crippen LogP contribution in [0.3, 0.4) is 0 Å². The van der Waals surface area contributed by atoms with Crippen molar-refractivity contribution in [2.24, 2.45) is 0 Å². The van der Waals surface area contributed by atoms with Crippen LogP contribution in [0.15, 0.2) is 31.1 Å². The van der Waals surface area contributed by atoms with Gasteiger partial charge in [0.05, 0.1) is 6.33 Å². The summed E-state index contributed by atoms with van der Waals surface area (Å²) in [4.78, 5) is 8.30. The molecule has 1 unspecified atom stereocenters. The first-order chi connectivity index (χ1) is 7.79. The van der Waals surface area contributed by atoms with Gasteiger partial charge in [0, 0.05) is 43.9 Å². The Morgan fingerprint density at radius 3 is 2.94 bits per heavy atom. The van der Waals surface area contributed by atoms with Gasteiger partial charge in [-0.2, -0.15) is 0 Å². The minimum absolute atomic E-state index is 0.321. The number of nitrogens with one attached hydrogen (secondary N) is 1. The number of hydrogen-bond donors (Lipinski definition) is 1. The Balaban J connectivity index is 1.94. The van der Waals surface area contributed by atoms with Crippen LogP contribution in [-0.2, 0) is 13.1 Å². The molecule has 2 aromatic heterocycles. The third kappa shape index (κ3) is 2.42. The van der Waals surface area contributed by atoms with Crippen molar-refractivity contribution in [1.82, 2.24) is 19.1 Å². The van der Waals surface area contributed by atoms with Gasteiger partial charge in [0.1, 0.15) is 0 Å². The first kappa shape index (κ1) is 10.7. The molecule has 0 aliphatic rings. The highest BCUT2D eigenvalue weighted by molar-refractivity contribution is 5.27. The zero-order valence-corrected chi connectivity index (χ0v) is 9.67. The molecule has 0 saturated carbocycles. The molecule has 16 heavy (non-hydrogen) atoms. The number of imidazole rings is 2. The average molecular weight is 219 g/mol. The lowest BCUT2D eigenvalue weighted by atomic mass is 10.3. The summed E-state index contributed by atoms with van der Waals surface area (Å²) >= 11 is 0. The van der Waals surface area contributed by atoms with Gasteiger partial charge in [-0.25, -0.2) is 9.97 Å². The fourth-order valence-corrected chi connectivity index (χ4v) is 1.68. The third-order valence-corrected chi connectivity index (χ3v) is 2.48. The molecule has 0 bridgehead atoms. The molecule has 0 aliphatic carbocycles. The Labute approximate surface area is 95.1 Å². The molecule has 5 heteroatoms. The number of anilines is 1. The van der Waals surface area contributed by atoms with Gasteiger partial charge < -0.3 is 14.5 Å². The second kappa shape index (κ2) is 4.83. The van der Waals surface area contributed by atoms with Crippen LogP contribution in [0.1, 0.15) is 13.8 Å². The van der Waals surface area contributed by atoms with E-state index < -0.39 is 0 Å². The molecule has 5 nitrogen and oxygen atoms in total. The van der Waals surface area contributed by atoms with Crippen LogP contribution >= 0.6 is 0 Å². The van der Waals surface area contributed by atoms with E-state index >= 15 is 0 Å². The monoisotopic (exact) mass is 219 g/mol. The predicted octanol–water partition coefficient (Wildman–Crippen LogP) is 1.60. The molecule has 0 aromatic carbocycles. The van der Waals surface area contributed by atoms with Gasteiger partial charge in [-0.1, -0.05) is 0 Å². The van der Waals surface area contributed by atoms with Crippen LogP contribution in [-0.4, -0.2) is 25.1 Å². The molecule has 1 atom stereocenters. The highest BCUT2D eigenvalue weighted by Crippen LogP contribution is 2.06. The molecule has 0 spiro atoms. The van der Waals surface area contributed by atoms with Crippen LogP contribution in [0.2, 0.25) is 0 Å². The van der Waals surface area contributed by atoms with Crippen LogP contribution in [0.4, 0.5) is 5.95 Å². The molecule has 86 valence electrons. The number of aromatic nitrogens is 4. The maximum Gasteiger partial charge on any atom is 0.203 e. The van der Waals surface area contributed by atoms with E-state index in [-0.39, 0.29) is 0 Å². The van der Waals surface area contributed by atoms with Crippen molar-refractivity contribution in [2.75, 3.05) is 5.32 Å². The lowest BCUT2D eigenvalue weighted by Crippen LogP contribution is -2.23. The average Bonchev–Trinajstić information content (AvgIpc) is 2.88. The summed E-state index contributed by atoms with van der Waals surface area (Å²) in [5.41, 5.74) is 0. The molecule has 2 heterocycles. The van der Waals surface area contributed by atoms with Crippen LogP contribution in [0.25, 0.3) is 0 Å². The Bertz CT molecular complexity index is 417. The molecule has 0 saturated heterocycles. The Kier molecular flexibility index (Phi) is 3.24. The number of aryl methyl sites for hydroxylation is 1. The van der Waals surface area contributed by atoms with Crippen molar-refractivity contribution in [3.8, 4) is 0 Å². The van der Waals surface area contributed by atoms with Crippen molar-refractivity contribution in [3.05, 3.63) is 31.1 Å². The van der Waals surface area contributed by atoms with Gasteiger partial charge in [0.25, 0.3) is 0 Å². The second-order valence-corrected chi connectivity index (χ2v) is 3.84. The molecule has 0 fully saturated rings. The van der Waals surface area contributed by atoms with E-state index in [9.17, 15) is 0 Å². The molecule has 0 amide bonds. The van der Waals surface area contributed by atoms with Gasteiger partial charge in [-0.05, 0) is 13.8 Å². The number of nitrogens with zero attached hydrogens (tertiary/aromatic N) is 4. The molecular weight excluding hydrogens is 202 g/mol. The minimum atomic E-state index is 0.321. The molecular formula is C11H17N5. The lowest BCUT2D eigenvalue weighted by Gasteiger charge is -2.15. The molecule has 0 aliphatic heterocycles. The summed E-state index contributed by atoms with van der Waals surface area (Å²) in [6.07, 6.45) is 9.37. The van der Waals surface area contributed by atoms with Crippen LogP contribution in [0.5, 0.6) is 0 Å². The van der Waals surface area contributed by atoms with Gasteiger partial charge in [-0.3, -0.25) is 0 Å². The fraction of sp³-hybridized carbons (Fsp3) is 0.455. The number of rotatable bonds is 5. The quantitative estimate of drug-likeness (QED) is 0.831. The maximum atomic E-state index is 4.28. The second-order valence-electron chi connectivity index (χ2n) is 3.84. The zero-order chi connectivity index (χ0) is 11.4. The Morgan fingerprint density at radius 1 is 1.38 bits per heavy atom. The maximum absolute atomic E-state index is 4.28. The zero-order valence-electron chi connectivity index (χ0n) is 9.67. The molecule has 0 radical (unpaired) electrons. The summed E-state index contributed by atoms with van der Waals surface area (Å²) in [5, 5.41) is 3.38. The van der Waals surface area contributed by atoms with E-state index in [1.807, 2.05) is 24.9 Å². The molecule has 2 rings (SSSR count). The van der Waals surface area contributed by atoms with E-state index in [0.717, 1.165) is 19.0 Å². The summed E-state index contributed by atoms with van der Waals surface area (Å²) in [6, 6.07) is 0.321. The first-order valence-electron chi connectivity index (χ1n) is 5.53. The standard InChI is InChI=1S/C11H17N5/c1-3-16-7-5-13-11(16)14-10(2)8-15-6-4-12-9-15/h4-7,9-10H,3,8H2,1-2H3,(H,13,14). The summed E-state index contributed by atoms with van der Waals surface area (Å²) in [5.74, 6) is 0.926. The van der Waals surface area contributed by atoms with Crippen LogP contribution < -0.4 is 5.32 Å². The van der Waals surface area contributed by atoms with Crippen molar-refractivity contribution in [3.63, 3.8) is 0 Å². The smallest absolute Gasteiger partial charge is 0.203 e. The first-order valence-corrected chi connectivity index (χ1v) is 5.53. The van der Waals surface area contributed by atoms with E-state index in [1.54, 1.807) is 6.20 Å². The molecule has 2 aromatic rings. The van der Waals surface area contributed by atoms with Gasteiger partial charge in [0.15, 0.2) is 0 Å². The highest BCUT2D eigenvalue weighted by atomic mass is 15.2. The van der Waals surface area contributed by atoms with Crippen molar-refractivity contribution >= 4 is 5.95 Å². The van der Waals surface area contributed by atoms with E-state index in [2.05, 4.69) is 38.3 Å². The van der Waals surface area contributed by atoms with Gasteiger partial charge in [-0.15, -0.1) is 0 Å². The molecule has 1 N–H and O–H groups in total. The van der Waals surface area contributed by atoms with Crippen molar-refractivity contribution in [1.29, 1.82) is 0 Å². The summed E-state index contributed by atoms with van der Waals surface area (Å²) in [7, 11) is 0. The SMILES string of the molecule is CCn1ccnc1NC(C)Cn1ccnc1. The Morgan fingerprint density at radius 2 is 2.25 bits per heavy atom.